The molecule has 2 rings (SSSR count). The highest BCUT2D eigenvalue weighted by Crippen LogP contribution is 2.34. The Bertz CT molecular complexity index is 556. The van der Waals surface area contributed by atoms with E-state index in [0.717, 1.165) is 11.1 Å². The van der Waals surface area contributed by atoms with Gasteiger partial charge in [-0.1, -0.05) is 41.4 Å². The molecule has 5 heteroatoms. The van der Waals surface area contributed by atoms with Crippen molar-refractivity contribution in [2.45, 2.75) is 19.4 Å². The monoisotopic (exact) mass is 317 g/mol. The van der Waals surface area contributed by atoms with Crippen LogP contribution in [0.1, 0.15) is 24.1 Å². The lowest BCUT2D eigenvalue weighted by atomic mass is 10.1. The van der Waals surface area contributed by atoms with Gasteiger partial charge >= 0.3 is 0 Å². The van der Waals surface area contributed by atoms with Crippen molar-refractivity contribution < 1.29 is 4.39 Å². The van der Waals surface area contributed by atoms with Crippen molar-refractivity contribution in [3.63, 3.8) is 0 Å². The van der Waals surface area contributed by atoms with Crippen molar-refractivity contribution in [3.8, 4) is 0 Å². The molecule has 1 aromatic heterocycles. The molecule has 2 aromatic rings. The lowest BCUT2D eigenvalue weighted by molar-refractivity contribution is 0.560. The standard InChI is InChI=1S/C14H14Cl2FNS/c1-9(11-8-13(15)19-14(11)16)18-7-6-10-4-2-3-5-12(10)17/h2-5,8-9,18H,6-7H2,1H3. The summed E-state index contributed by atoms with van der Waals surface area (Å²) in [6.07, 6.45) is 0.645. The van der Waals surface area contributed by atoms with Crippen LogP contribution in [0.4, 0.5) is 4.39 Å². The van der Waals surface area contributed by atoms with E-state index in [2.05, 4.69) is 5.32 Å². The average molecular weight is 318 g/mol. The van der Waals surface area contributed by atoms with Crippen LogP contribution < -0.4 is 5.32 Å². The maximum Gasteiger partial charge on any atom is 0.126 e. The van der Waals surface area contributed by atoms with E-state index in [-0.39, 0.29) is 11.9 Å². The van der Waals surface area contributed by atoms with Crippen LogP contribution in [0.3, 0.4) is 0 Å². The number of hydrogen-bond acceptors (Lipinski definition) is 2. The molecule has 0 saturated heterocycles. The van der Waals surface area contributed by atoms with Crippen molar-refractivity contribution in [1.82, 2.24) is 5.32 Å². The van der Waals surface area contributed by atoms with Crippen LogP contribution in [-0.2, 0) is 6.42 Å². The number of hydrogen-bond donors (Lipinski definition) is 1. The van der Waals surface area contributed by atoms with E-state index in [0.29, 0.717) is 21.6 Å². The third-order valence-corrected chi connectivity index (χ3v) is 4.47. The molecule has 19 heavy (non-hydrogen) atoms. The average Bonchev–Trinajstić information content (AvgIpc) is 2.71. The zero-order valence-corrected chi connectivity index (χ0v) is 12.7. The molecule has 1 atom stereocenters. The van der Waals surface area contributed by atoms with Gasteiger partial charge in [-0.3, -0.25) is 0 Å². The Balaban J connectivity index is 1.89. The lowest BCUT2D eigenvalue weighted by Gasteiger charge is -2.13. The van der Waals surface area contributed by atoms with Crippen LogP contribution in [0.5, 0.6) is 0 Å². The molecule has 0 bridgehead atoms. The zero-order valence-electron chi connectivity index (χ0n) is 10.4. The molecular formula is C14H14Cl2FNS. The topological polar surface area (TPSA) is 12.0 Å². The third kappa shape index (κ3) is 3.93. The quantitative estimate of drug-likeness (QED) is 0.810. The third-order valence-electron chi connectivity index (χ3n) is 2.95. The molecule has 0 aliphatic heterocycles. The molecular weight excluding hydrogens is 304 g/mol. The van der Waals surface area contributed by atoms with Crippen LogP contribution in [0.15, 0.2) is 30.3 Å². The Morgan fingerprint density at radius 1 is 1.32 bits per heavy atom. The molecule has 0 fully saturated rings. The van der Waals surface area contributed by atoms with Gasteiger partial charge in [0.05, 0.1) is 8.67 Å². The summed E-state index contributed by atoms with van der Waals surface area (Å²) in [6.45, 7) is 2.71. The maximum absolute atomic E-state index is 13.4. The molecule has 1 N–H and O–H groups in total. The second-order valence-corrected chi connectivity index (χ2v) is 6.58. The van der Waals surface area contributed by atoms with E-state index in [1.165, 1.54) is 17.4 Å². The molecule has 0 saturated carbocycles. The SMILES string of the molecule is CC(NCCc1ccccc1F)c1cc(Cl)sc1Cl. The summed E-state index contributed by atoms with van der Waals surface area (Å²) in [6, 6.07) is 8.79. The Morgan fingerprint density at radius 3 is 2.68 bits per heavy atom. The van der Waals surface area contributed by atoms with Gasteiger partial charge < -0.3 is 5.32 Å². The number of thiophene rings is 1. The second kappa shape index (κ2) is 6.71. The van der Waals surface area contributed by atoms with Gasteiger partial charge in [0.25, 0.3) is 0 Å². The highest BCUT2D eigenvalue weighted by atomic mass is 35.5. The van der Waals surface area contributed by atoms with Crippen molar-refractivity contribution >= 4 is 34.5 Å². The zero-order chi connectivity index (χ0) is 13.8. The van der Waals surface area contributed by atoms with Crippen molar-refractivity contribution in [3.05, 3.63) is 55.9 Å². The Morgan fingerprint density at radius 2 is 2.05 bits per heavy atom. The normalized spacial score (nSPS) is 12.6. The minimum Gasteiger partial charge on any atom is -0.310 e. The molecule has 0 aliphatic rings. The predicted octanol–water partition coefficient (Wildman–Crippen LogP) is 5.09. The van der Waals surface area contributed by atoms with E-state index < -0.39 is 0 Å². The number of halogens is 3. The number of benzene rings is 1. The largest absolute Gasteiger partial charge is 0.310 e. The first-order chi connectivity index (χ1) is 9.08. The molecule has 1 aromatic carbocycles. The molecule has 1 heterocycles. The summed E-state index contributed by atoms with van der Waals surface area (Å²) in [5, 5.41) is 3.33. The summed E-state index contributed by atoms with van der Waals surface area (Å²) >= 11 is 13.4. The van der Waals surface area contributed by atoms with Gasteiger partial charge in [-0.2, -0.15) is 0 Å². The van der Waals surface area contributed by atoms with Gasteiger partial charge in [-0.25, -0.2) is 4.39 Å². The fraction of sp³-hybridized carbons (Fsp3) is 0.286. The summed E-state index contributed by atoms with van der Waals surface area (Å²) in [5.74, 6) is -0.159. The van der Waals surface area contributed by atoms with Crippen LogP contribution in [0.2, 0.25) is 8.67 Å². The lowest BCUT2D eigenvalue weighted by Crippen LogP contribution is -2.21. The van der Waals surface area contributed by atoms with Crippen LogP contribution in [0.25, 0.3) is 0 Å². The van der Waals surface area contributed by atoms with E-state index in [1.807, 2.05) is 19.1 Å². The van der Waals surface area contributed by atoms with Gasteiger partial charge in [0.15, 0.2) is 0 Å². The minimum absolute atomic E-state index is 0.100. The Kier molecular flexibility index (Phi) is 5.22. The van der Waals surface area contributed by atoms with Gasteiger partial charge in [-0.05, 0) is 43.1 Å². The smallest absolute Gasteiger partial charge is 0.126 e. The van der Waals surface area contributed by atoms with Crippen LogP contribution >= 0.6 is 34.5 Å². The summed E-state index contributed by atoms with van der Waals surface area (Å²) in [4.78, 5) is 0. The molecule has 0 spiro atoms. The first-order valence-electron chi connectivity index (χ1n) is 5.99. The summed E-state index contributed by atoms with van der Waals surface area (Å²) in [7, 11) is 0. The highest BCUT2D eigenvalue weighted by molar-refractivity contribution is 7.20. The van der Waals surface area contributed by atoms with Crippen LogP contribution in [-0.4, -0.2) is 6.54 Å². The van der Waals surface area contributed by atoms with Crippen molar-refractivity contribution in [2.24, 2.45) is 0 Å². The summed E-state index contributed by atoms with van der Waals surface area (Å²) < 4.78 is 14.8. The second-order valence-electron chi connectivity index (χ2n) is 4.30. The van der Waals surface area contributed by atoms with Gasteiger partial charge in [0.2, 0.25) is 0 Å². The van der Waals surface area contributed by atoms with Gasteiger partial charge in [0, 0.05) is 6.04 Å². The molecule has 1 nitrogen and oxygen atoms in total. The number of rotatable bonds is 5. The van der Waals surface area contributed by atoms with Crippen molar-refractivity contribution in [2.75, 3.05) is 6.54 Å². The maximum atomic E-state index is 13.4. The first kappa shape index (κ1) is 14.8. The molecule has 0 amide bonds. The minimum atomic E-state index is -0.159. The van der Waals surface area contributed by atoms with E-state index in [4.69, 9.17) is 23.2 Å². The van der Waals surface area contributed by atoms with Crippen LogP contribution in [0, 0.1) is 5.82 Å². The fourth-order valence-electron chi connectivity index (χ4n) is 1.88. The van der Waals surface area contributed by atoms with Gasteiger partial charge in [0.1, 0.15) is 5.82 Å². The molecule has 0 aliphatic carbocycles. The fourth-order valence-corrected chi connectivity index (χ4v) is 3.53. The van der Waals surface area contributed by atoms with E-state index >= 15 is 0 Å². The van der Waals surface area contributed by atoms with E-state index in [1.54, 1.807) is 12.1 Å². The highest BCUT2D eigenvalue weighted by Gasteiger charge is 2.12. The Labute approximate surface area is 126 Å². The molecule has 1 unspecified atom stereocenters. The van der Waals surface area contributed by atoms with Gasteiger partial charge in [-0.15, -0.1) is 11.3 Å². The van der Waals surface area contributed by atoms with Crippen molar-refractivity contribution in [1.29, 1.82) is 0 Å². The molecule has 102 valence electrons. The first-order valence-corrected chi connectivity index (χ1v) is 7.56. The molecule has 0 radical (unpaired) electrons. The van der Waals surface area contributed by atoms with E-state index in [9.17, 15) is 4.39 Å². The number of nitrogens with one attached hydrogen (secondary N) is 1. The summed E-state index contributed by atoms with van der Waals surface area (Å²) in [5.41, 5.74) is 1.71. The predicted molar refractivity (Wildman–Crippen MR) is 80.9 cm³/mol. The Hall–Kier alpha value is -0.610.